The van der Waals surface area contributed by atoms with Gasteiger partial charge in [0.2, 0.25) is 0 Å². The summed E-state index contributed by atoms with van der Waals surface area (Å²) in [7, 11) is 3.87. The van der Waals surface area contributed by atoms with E-state index in [2.05, 4.69) is 41.0 Å². The zero-order valence-corrected chi connectivity index (χ0v) is 18.9. The summed E-state index contributed by atoms with van der Waals surface area (Å²) in [4.78, 5) is 6.49. The zero-order valence-electron chi connectivity index (χ0n) is 16.6. The number of hydrogen-bond donors (Lipinski definition) is 1. The average molecular weight is 475 g/mol. The van der Waals surface area contributed by atoms with Crippen molar-refractivity contribution in [3.8, 4) is 11.5 Å². The standard InChI is InChI=1S/C20H33N3O2.HI/c1-6-9-10-15-23(5)20(21-4)22-14-13-17-11-12-18(24-7-2)19(16-17)25-8-3;/h6,11-12,16H,1,7-10,13-15H2,2-5H3,(H,21,22);1H. The minimum Gasteiger partial charge on any atom is -0.490 e. The van der Waals surface area contributed by atoms with E-state index in [-0.39, 0.29) is 24.0 Å². The highest BCUT2D eigenvalue weighted by atomic mass is 127. The van der Waals surface area contributed by atoms with Crippen LogP contribution < -0.4 is 14.8 Å². The minimum absolute atomic E-state index is 0. The second-order valence-electron chi connectivity index (χ2n) is 5.72. The van der Waals surface area contributed by atoms with Crippen molar-refractivity contribution in [2.75, 3.05) is 40.4 Å². The number of hydrogen-bond acceptors (Lipinski definition) is 3. The molecule has 0 aliphatic carbocycles. The van der Waals surface area contributed by atoms with Crippen molar-refractivity contribution in [1.29, 1.82) is 0 Å². The van der Waals surface area contributed by atoms with Crippen LogP contribution in [0.5, 0.6) is 11.5 Å². The van der Waals surface area contributed by atoms with Gasteiger partial charge in [-0.2, -0.15) is 0 Å². The fourth-order valence-corrected chi connectivity index (χ4v) is 2.53. The lowest BCUT2D eigenvalue weighted by Crippen LogP contribution is -2.40. The van der Waals surface area contributed by atoms with Gasteiger partial charge in [0, 0.05) is 27.2 Å². The van der Waals surface area contributed by atoms with Crippen LogP contribution in [-0.2, 0) is 6.42 Å². The fraction of sp³-hybridized carbons (Fsp3) is 0.550. The highest BCUT2D eigenvalue weighted by Gasteiger charge is 2.08. The summed E-state index contributed by atoms with van der Waals surface area (Å²) in [6.45, 7) is 10.8. The molecule has 26 heavy (non-hydrogen) atoms. The quantitative estimate of drug-likeness (QED) is 0.172. The van der Waals surface area contributed by atoms with Gasteiger partial charge in [-0.3, -0.25) is 4.99 Å². The summed E-state index contributed by atoms with van der Waals surface area (Å²) in [5, 5.41) is 3.41. The van der Waals surface area contributed by atoms with Crippen molar-refractivity contribution in [2.45, 2.75) is 33.1 Å². The Labute approximate surface area is 175 Å². The molecular weight excluding hydrogens is 441 g/mol. The van der Waals surface area contributed by atoms with Crippen LogP contribution in [0.25, 0.3) is 0 Å². The van der Waals surface area contributed by atoms with E-state index in [1.807, 2.05) is 33.0 Å². The molecular formula is C20H34IN3O2. The topological polar surface area (TPSA) is 46.1 Å². The van der Waals surface area contributed by atoms with E-state index in [0.29, 0.717) is 13.2 Å². The Morgan fingerprint density at radius 1 is 1.23 bits per heavy atom. The molecule has 0 spiro atoms. The van der Waals surface area contributed by atoms with Gasteiger partial charge in [-0.25, -0.2) is 0 Å². The van der Waals surface area contributed by atoms with Crippen molar-refractivity contribution in [3.63, 3.8) is 0 Å². The summed E-state index contributed by atoms with van der Waals surface area (Å²) in [6.07, 6.45) is 4.95. The normalized spacial score (nSPS) is 10.7. The van der Waals surface area contributed by atoms with Crippen LogP contribution in [0, 0.1) is 0 Å². The molecule has 0 atom stereocenters. The Bertz CT molecular complexity index is 550. The average Bonchev–Trinajstić information content (AvgIpc) is 2.61. The summed E-state index contributed by atoms with van der Waals surface area (Å²) >= 11 is 0. The lowest BCUT2D eigenvalue weighted by Gasteiger charge is -2.22. The predicted octanol–water partition coefficient (Wildman–Crippen LogP) is 4.12. The maximum absolute atomic E-state index is 5.69. The van der Waals surface area contributed by atoms with Crippen LogP contribution >= 0.6 is 24.0 Å². The Kier molecular flexibility index (Phi) is 13.9. The van der Waals surface area contributed by atoms with Crippen molar-refractivity contribution < 1.29 is 9.47 Å². The van der Waals surface area contributed by atoms with Crippen molar-refractivity contribution in [1.82, 2.24) is 10.2 Å². The van der Waals surface area contributed by atoms with E-state index in [9.17, 15) is 0 Å². The van der Waals surface area contributed by atoms with Crippen molar-refractivity contribution in [2.24, 2.45) is 4.99 Å². The van der Waals surface area contributed by atoms with Crippen LogP contribution in [-0.4, -0.2) is 51.3 Å². The molecule has 6 heteroatoms. The molecule has 148 valence electrons. The largest absolute Gasteiger partial charge is 0.490 e. The molecule has 0 bridgehead atoms. The van der Waals surface area contributed by atoms with Crippen molar-refractivity contribution >= 4 is 29.9 Å². The number of rotatable bonds is 11. The van der Waals surface area contributed by atoms with Crippen LogP contribution in [0.15, 0.2) is 35.8 Å². The van der Waals surface area contributed by atoms with E-state index in [4.69, 9.17) is 9.47 Å². The molecule has 0 saturated carbocycles. The SMILES string of the molecule is C=CCCCN(C)C(=NC)NCCc1ccc(OCC)c(OCC)c1.I. The van der Waals surface area contributed by atoms with E-state index < -0.39 is 0 Å². The molecule has 0 fully saturated rings. The molecule has 0 aromatic heterocycles. The Balaban J connectivity index is 0.00000625. The van der Waals surface area contributed by atoms with E-state index in [1.54, 1.807) is 0 Å². The van der Waals surface area contributed by atoms with Gasteiger partial charge in [-0.15, -0.1) is 30.6 Å². The summed E-state index contributed by atoms with van der Waals surface area (Å²) in [5.74, 6) is 2.53. The Morgan fingerprint density at radius 3 is 2.54 bits per heavy atom. The summed E-state index contributed by atoms with van der Waals surface area (Å²) < 4.78 is 11.3. The molecule has 1 rings (SSSR count). The smallest absolute Gasteiger partial charge is 0.193 e. The second kappa shape index (κ2) is 14.7. The molecule has 0 saturated heterocycles. The minimum atomic E-state index is 0. The van der Waals surface area contributed by atoms with Crippen LogP contribution in [0.3, 0.4) is 0 Å². The van der Waals surface area contributed by atoms with Gasteiger partial charge in [0.05, 0.1) is 13.2 Å². The predicted molar refractivity (Wildman–Crippen MR) is 121 cm³/mol. The van der Waals surface area contributed by atoms with Gasteiger partial charge in [0.1, 0.15) is 0 Å². The molecule has 0 aliphatic rings. The number of ether oxygens (including phenoxy) is 2. The number of halogens is 1. The van der Waals surface area contributed by atoms with Gasteiger partial charge in [0.15, 0.2) is 17.5 Å². The number of benzene rings is 1. The number of aliphatic imine (C=N–C) groups is 1. The molecule has 1 aromatic carbocycles. The van der Waals surface area contributed by atoms with Crippen LogP contribution in [0.4, 0.5) is 0 Å². The summed E-state index contributed by atoms with van der Waals surface area (Å²) in [6, 6.07) is 6.14. The van der Waals surface area contributed by atoms with Crippen LogP contribution in [0.1, 0.15) is 32.3 Å². The molecule has 1 N–H and O–H groups in total. The van der Waals surface area contributed by atoms with Gasteiger partial charge in [-0.05, 0) is 50.8 Å². The first-order valence-corrected chi connectivity index (χ1v) is 9.07. The third-order valence-corrected chi connectivity index (χ3v) is 3.78. The zero-order chi connectivity index (χ0) is 18.5. The molecule has 5 nitrogen and oxygen atoms in total. The Morgan fingerprint density at radius 2 is 1.92 bits per heavy atom. The molecule has 0 amide bonds. The highest BCUT2D eigenvalue weighted by Crippen LogP contribution is 2.28. The lowest BCUT2D eigenvalue weighted by atomic mass is 10.1. The van der Waals surface area contributed by atoms with Gasteiger partial charge < -0.3 is 19.7 Å². The number of unbranched alkanes of at least 4 members (excludes halogenated alkanes) is 1. The molecule has 0 aliphatic heterocycles. The number of nitrogens with one attached hydrogen (secondary N) is 1. The molecule has 1 aromatic rings. The van der Waals surface area contributed by atoms with E-state index >= 15 is 0 Å². The number of guanidine groups is 1. The van der Waals surface area contributed by atoms with Gasteiger partial charge >= 0.3 is 0 Å². The van der Waals surface area contributed by atoms with E-state index in [1.165, 1.54) is 5.56 Å². The first kappa shape index (κ1) is 24.6. The van der Waals surface area contributed by atoms with Crippen LogP contribution in [0.2, 0.25) is 0 Å². The number of nitrogens with zero attached hydrogens (tertiary/aromatic N) is 2. The highest BCUT2D eigenvalue weighted by molar-refractivity contribution is 14.0. The maximum Gasteiger partial charge on any atom is 0.193 e. The monoisotopic (exact) mass is 475 g/mol. The molecule has 0 heterocycles. The van der Waals surface area contributed by atoms with Gasteiger partial charge in [0.25, 0.3) is 0 Å². The summed E-state index contributed by atoms with van der Waals surface area (Å²) in [5.41, 5.74) is 1.21. The molecule has 0 unspecified atom stereocenters. The second-order valence-corrected chi connectivity index (χ2v) is 5.72. The Hall–Kier alpha value is -1.44. The first-order valence-electron chi connectivity index (χ1n) is 9.07. The lowest BCUT2D eigenvalue weighted by molar-refractivity contribution is 0.287. The fourth-order valence-electron chi connectivity index (χ4n) is 2.53. The third-order valence-electron chi connectivity index (χ3n) is 3.78. The van der Waals surface area contributed by atoms with Gasteiger partial charge in [-0.1, -0.05) is 12.1 Å². The maximum atomic E-state index is 5.69. The number of allylic oxidation sites excluding steroid dienone is 1. The third kappa shape index (κ3) is 8.78. The molecule has 0 radical (unpaired) electrons. The van der Waals surface area contributed by atoms with E-state index in [0.717, 1.165) is 49.8 Å². The van der Waals surface area contributed by atoms with Crippen molar-refractivity contribution in [3.05, 3.63) is 36.4 Å². The first-order chi connectivity index (χ1) is 12.2.